The van der Waals surface area contributed by atoms with Crippen LogP contribution >= 0.6 is 0 Å². The summed E-state index contributed by atoms with van der Waals surface area (Å²) >= 11 is 0. The van der Waals surface area contributed by atoms with Crippen LogP contribution in [-0.4, -0.2) is 15.0 Å². The van der Waals surface area contributed by atoms with Crippen LogP contribution in [0.25, 0.3) is 0 Å². The molecule has 0 aliphatic carbocycles. The monoisotopic (exact) mass is 349 g/mol. The fourth-order valence-electron chi connectivity index (χ4n) is 3.44. The lowest BCUT2D eigenvalue weighted by Gasteiger charge is -2.36. The molecule has 1 aliphatic rings. The Kier molecular flexibility index (Phi) is 4.06. The van der Waals surface area contributed by atoms with Crippen molar-refractivity contribution in [3.63, 3.8) is 0 Å². The van der Waals surface area contributed by atoms with Crippen molar-refractivity contribution in [1.29, 1.82) is 0 Å². The zero-order chi connectivity index (χ0) is 17.3. The van der Waals surface area contributed by atoms with E-state index in [0.29, 0.717) is 11.4 Å². The Morgan fingerprint density at radius 3 is 2.08 bits per heavy atom. The first-order valence-electron chi connectivity index (χ1n) is 8.33. The van der Waals surface area contributed by atoms with Gasteiger partial charge in [0.2, 0.25) is 0 Å². The van der Waals surface area contributed by atoms with E-state index in [1.165, 1.54) is 0 Å². The maximum Gasteiger partial charge on any atom is 0.187 e. The maximum atomic E-state index is 13.3. The fourth-order valence-corrected chi connectivity index (χ4v) is 5.24. The van der Waals surface area contributed by atoms with Gasteiger partial charge in [-0.15, -0.1) is 0 Å². The molecule has 126 valence electrons. The molecule has 0 fully saturated rings. The molecule has 0 saturated heterocycles. The van der Waals surface area contributed by atoms with Crippen LogP contribution in [-0.2, 0) is 16.4 Å². The minimum atomic E-state index is -3.46. The van der Waals surface area contributed by atoms with Crippen molar-refractivity contribution in [1.82, 2.24) is 0 Å². The molecule has 1 atom stereocenters. The van der Waals surface area contributed by atoms with Crippen LogP contribution < -0.4 is 4.90 Å². The number of fused-ring (bicyclic) bond motifs is 1. The molecule has 0 spiro atoms. The summed E-state index contributed by atoms with van der Waals surface area (Å²) in [6, 6.07) is 26.6. The third-order valence-corrected chi connectivity index (χ3v) is 6.80. The zero-order valence-corrected chi connectivity index (χ0v) is 14.6. The van der Waals surface area contributed by atoms with Crippen LogP contribution in [0.5, 0.6) is 0 Å². The zero-order valence-electron chi connectivity index (χ0n) is 13.7. The summed E-state index contributed by atoms with van der Waals surface area (Å²) in [6.07, 6.45) is 0. The van der Waals surface area contributed by atoms with Gasteiger partial charge in [-0.1, -0.05) is 60.7 Å². The van der Waals surface area contributed by atoms with E-state index in [0.717, 1.165) is 23.4 Å². The lowest BCUT2D eigenvalue weighted by molar-refractivity contribution is 0.572. The normalized spacial score (nSPS) is 17.1. The summed E-state index contributed by atoms with van der Waals surface area (Å²) < 4.78 is 26.6. The van der Waals surface area contributed by atoms with Crippen LogP contribution in [0.2, 0.25) is 0 Å². The number of nitrogens with zero attached hydrogens (tertiary/aromatic N) is 1. The summed E-state index contributed by atoms with van der Waals surface area (Å²) in [5.41, 5.74) is 3.03. The van der Waals surface area contributed by atoms with Crippen molar-refractivity contribution in [2.75, 3.05) is 11.4 Å². The Balaban J connectivity index is 1.81. The third-order valence-electron chi connectivity index (χ3n) is 4.72. The van der Waals surface area contributed by atoms with Gasteiger partial charge in [0, 0.05) is 18.8 Å². The largest absolute Gasteiger partial charge is 0.366 e. The molecule has 0 amide bonds. The minimum absolute atomic E-state index is 0.379. The number of para-hydroxylation sites is 1. The van der Waals surface area contributed by atoms with Crippen molar-refractivity contribution in [2.45, 2.75) is 16.7 Å². The van der Waals surface area contributed by atoms with Gasteiger partial charge in [0.1, 0.15) is 5.25 Å². The summed E-state index contributed by atoms with van der Waals surface area (Å²) in [4.78, 5) is 2.53. The molecule has 0 N–H and O–H groups in total. The molecule has 25 heavy (non-hydrogen) atoms. The lowest BCUT2D eigenvalue weighted by atomic mass is 9.99. The van der Waals surface area contributed by atoms with E-state index in [1.807, 2.05) is 60.7 Å². The van der Waals surface area contributed by atoms with Crippen LogP contribution in [0, 0.1) is 0 Å². The second kappa shape index (κ2) is 6.37. The van der Waals surface area contributed by atoms with Gasteiger partial charge < -0.3 is 4.90 Å². The molecule has 3 nitrogen and oxygen atoms in total. The SMILES string of the molecule is O=S(=O)(c1ccccc1)C1CN(c2ccccc2)Cc2ccccc21. The van der Waals surface area contributed by atoms with Gasteiger partial charge in [0.15, 0.2) is 9.84 Å². The molecule has 0 aromatic heterocycles. The highest BCUT2D eigenvalue weighted by molar-refractivity contribution is 7.91. The summed E-state index contributed by atoms with van der Waals surface area (Å²) in [5.74, 6) is 0. The number of rotatable bonds is 3. The molecule has 4 heteroatoms. The standard InChI is InChI=1S/C21H19NO2S/c23-25(24,19-12-5-2-6-13-19)21-16-22(18-10-3-1-4-11-18)15-17-9-7-8-14-20(17)21/h1-14,21H,15-16H2. The van der Waals surface area contributed by atoms with E-state index in [4.69, 9.17) is 0 Å². The molecule has 0 bridgehead atoms. The van der Waals surface area contributed by atoms with E-state index in [1.54, 1.807) is 24.3 Å². The van der Waals surface area contributed by atoms with E-state index >= 15 is 0 Å². The van der Waals surface area contributed by atoms with Crippen LogP contribution in [0.3, 0.4) is 0 Å². The minimum Gasteiger partial charge on any atom is -0.366 e. The number of sulfone groups is 1. The molecule has 0 saturated carbocycles. The molecule has 1 heterocycles. The fraction of sp³-hybridized carbons (Fsp3) is 0.143. The Bertz CT molecular complexity index is 969. The summed E-state index contributed by atoms with van der Waals surface area (Å²) in [6.45, 7) is 1.18. The van der Waals surface area contributed by atoms with E-state index in [9.17, 15) is 8.42 Å². The van der Waals surface area contributed by atoms with Crippen molar-refractivity contribution in [3.05, 3.63) is 96.1 Å². The average molecular weight is 349 g/mol. The van der Waals surface area contributed by atoms with Crippen LogP contribution in [0.15, 0.2) is 89.8 Å². The molecule has 1 aliphatic heterocycles. The summed E-state index contributed by atoms with van der Waals surface area (Å²) in [5, 5.41) is -0.569. The van der Waals surface area contributed by atoms with E-state index < -0.39 is 15.1 Å². The molecule has 3 aromatic rings. The number of hydrogen-bond donors (Lipinski definition) is 0. The van der Waals surface area contributed by atoms with Crippen molar-refractivity contribution < 1.29 is 8.42 Å². The highest BCUT2D eigenvalue weighted by atomic mass is 32.2. The highest BCUT2D eigenvalue weighted by Crippen LogP contribution is 2.37. The molecular formula is C21H19NO2S. The van der Waals surface area contributed by atoms with Gasteiger partial charge in [0.05, 0.1) is 4.90 Å². The van der Waals surface area contributed by atoms with E-state index in [2.05, 4.69) is 4.90 Å². The van der Waals surface area contributed by atoms with Gasteiger partial charge in [-0.25, -0.2) is 8.42 Å². The van der Waals surface area contributed by atoms with Gasteiger partial charge in [-0.05, 0) is 35.4 Å². The topological polar surface area (TPSA) is 37.4 Å². The van der Waals surface area contributed by atoms with Crippen molar-refractivity contribution in [3.8, 4) is 0 Å². The third kappa shape index (κ3) is 2.94. The first-order valence-corrected chi connectivity index (χ1v) is 9.87. The quantitative estimate of drug-likeness (QED) is 0.710. The smallest absolute Gasteiger partial charge is 0.187 e. The molecule has 0 radical (unpaired) electrons. The second-order valence-corrected chi connectivity index (χ2v) is 8.39. The summed E-state index contributed by atoms with van der Waals surface area (Å²) in [7, 11) is -3.46. The Hall–Kier alpha value is -2.59. The van der Waals surface area contributed by atoms with Gasteiger partial charge >= 0.3 is 0 Å². The molecule has 4 rings (SSSR count). The highest BCUT2D eigenvalue weighted by Gasteiger charge is 2.35. The predicted molar refractivity (Wildman–Crippen MR) is 100 cm³/mol. The number of anilines is 1. The molecule has 1 unspecified atom stereocenters. The maximum absolute atomic E-state index is 13.3. The first kappa shape index (κ1) is 15.9. The van der Waals surface area contributed by atoms with Crippen LogP contribution in [0.4, 0.5) is 5.69 Å². The van der Waals surface area contributed by atoms with Gasteiger partial charge in [-0.2, -0.15) is 0 Å². The Morgan fingerprint density at radius 1 is 0.760 bits per heavy atom. The second-order valence-electron chi connectivity index (χ2n) is 6.26. The van der Waals surface area contributed by atoms with Crippen molar-refractivity contribution in [2.24, 2.45) is 0 Å². The molecular weight excluding hydrogens is 330 g/mol. The van der Waals surface area contributed by atoms with Gasteiger partial charge in [0.25, 0.3) is 0 Å². The van der Waals surface area contributed by atoms with Gasteiger partial charge in [-0.3, -0.25) is 0 Å². The van der Waals surface area contributed by atoms with Crippen molar-refractivity contribution >= 4 is 15.5 Å². The van der Waals surface area contributed by atoms with Crippen LogP contribution in [0.1, 0.15) is 16.4 Å². The van der Waals surface area contributed by atoms with E-state index in [-0.39, 0.29) is 0 Å². The number of hydrogen-bond acceptors (Lipinski definition) is 3. The Morgan fingerprint density at radius 2 is 1.36 bits per heavy atom. The average Bonchev–Trinajstić information content (AvgIpc) is 2.68. The Labute approximate surface area is 148 Å². The number of benzene rings is 3. The molecule has 3 aromatic carbocycles. The predicted octanol–water partition coefficient (Wildman–Crippen LogP) is 4.22. The first-order chi connectivity index (χ1) is 12.2. The lowest BCUT2D eigenvalue weighted by Crippen LogP contribution is -2.36.